The van der Waals surface area contributed by atoms with Crippen molar-refractivity contribution < 1.29 is 22.6 Å². The van der Waals surface area contributed by atoms with Gasteiger partial charge in [0.1, 0.15) is 11.6 Å². The minimum atomic E-state index is -2.91. The first kappa shape index (κ1) is 10.8. The maximum Gasteiger partial charge on any atom is 0.387 e. The fraction of sp³-hybridized carbons (Fsp3) is 0.333. The van der Waals surface area contributed by atoms with Gasteiger partial charge in [0.15, 0.2) is 0 Å². The number of rotatable bonds is 4. The monoisotopic (exact) mass is 206 g/mol. The Labute approximate surface area is 79.2 Å². The number of halogens is 3. The maximum atomic E-state index is 13.0. The van der Waals surface area contributed by atoms with E-state index in [1.807, 2.05) is 0 Å². The van der Waals surface area contributed by atoms with E-state index < -0.39 is 12.4 Å². The molecule has 0 atom stereocenters. The zero-order chi connectivity index (χ0) is 10.6. The summed E-state index contributed by atoms with van der Waals surface area (Å²) in [5.74, 6) is -0.582. The topological polar surface area (TPSA) is 18.5 Å². The van der Waals surface area contributed by atoms with Gasteiger partial charge in [-0.1, -0.05) is 0 Å². The Morgan fingerprint density at radius 2 is 2.07 bits per heavy atom. The van der Waals surface area contributed by atoms with Gasteiger partial charge in [-0.05, 0) is 18.2 Å². The van der Waals surface area contributed by atoms with Crippen LogP contribution in [0.15, 0.2) is 18.2 Å². The molecule has 0 unspecified atom stereocenters. The molecular formula is C9H9F3O2. The highest BCUT2D eigenvalue weighted by Crippen LogP contribution is 2.19. The zero-order valence-electron chi connectivity index (χ0n) is 7.47. The molecule has 0 aromatic heterocycles. The predicted molar refractivity (Wildman–Crippen MR) is 43.7 cm³/mol. The second-order valence-corrected chi connectivity index (χ2v) is 2.56. The third-order valence-electron chi connectivity index (χ3n) is 1.54. The molecule has 2 nitrogen and oxygen atoms in total. The molecule has 0 aliphatic heterocycles. The molecule has 0 amide bonds. The summed E-state index contributed by atoms with van der Waals surface area (Å²) in [4.78, 5) is 0. The second-order valence-electron chi connectivity index (χ2n) is 2.56. The number of hydrogen-bond acceptors (Lipinski definition) is 2. The van der Waals surface area contributed by atoms with Crippen molar-refractivity contribution in [3.63, 3.8) is 0 Å². The van der Waals surface area contributed by atoms with Crippen LogP contribution in [0.25, 0.3) is 0 Å². The molecule has 0 aliphatic rings. The number of hydrogen-bond donors (Lipinski definition) is 0. The van der Waals surface area contributed by atoms with Gasteiger partial charge in [-0.15, -0.1) is 0 Å². The summed E-state index contributed by atoms with van der Waals surface area (Å²) in [6.07, 6.45) is 0. The lowest BCUT2D eigenvalue weighted by atomic mass is 10.2. The number of ether oxygens (including phenoxy) is 2. The van der Waals surface area contributed by atoms with Gasteiger partial charge < -0.3 is 9.47 Å². The van der Waals surface area contributed by atoms with E-state index in [2.05, 4.69) is 9.47 Å². The average molecular weight is 206 g/mol. The van der Waals surface area contributed by atoms with Crippen molar-refractivity contribution >= 4 is 0 Å². The van der Waals surface area contributed by atoms with Crippen LogP contribution in [0, 0.1) is 5.82 Å². The van der Waals surface area contributed by atoms with E-state index in [1.165, 1.54) is 13.2 Å². The van der Waals surface area contributed by atoms with Gasteiger partial charge in [0, 0.05) is 12.7 Å². The Bertz CT molecular complexity index is 302. The standard InChI is InChI=1S/C9H9F3O2/c1-13-5-6-4-7(14-9(11)12)2-3-8(6)10/h2-4,9H,5H2,1H3. The summed E-state index contributed by atoms with van der Waals surface area (Å²) in [7, 11) is 1.39. The van der Waals surface area contributed by atoms with Crippen LogP contribution in [0.2, 0.25) is 0 Å². The lowest BCUT2D eigenvalue weighted by Gasteiger charge is -2.07. The van der Waals surface area contributed by atoms with E-state index in [0.717, 1.165) is 12.1 Å². The quantitative estimate of drug-likeness (QED) is 0.753. The van der Waals surface area contributed by atoms with Crippen molar-refractivity contribution in [1.29, 1.82) is 0 Å². The molecule has 0 radical (unpaired) electrons. The minimum absolute atomic E-state index is 0.0201. The molecule has 0 N–H and O–H groups in total. The van der Waals surface area contributed by atoms with Crippen molar-refractivity contribution in [1.82, 2.24) is 0 Å². The molecule has 0 fully saturated rings. The highest BCUT2D eigenvalue weighted by molar-refractivity contribution is 5.29. The SMILES string of the molecule is COCc1cc(OC(F)F)ccc1F. The fourth-order valence-corrected chi connectivity index (χ4v) is 0.993. The molecule has 78 valence electrons. The summed E-state index contributed by atoms with van der Waals surface area (Å²) in [5, 5.41) is 0. The second kappa shape index (κ2) is 4.85. The van der Waals surface area contributed by atoms with Crippen LogP contribution in [0.1, 0.15) is 5.56 Å². The van der Waals surface area contributed by atoms with E-state index in [9.17, 15) is 13.2 Å². The molecule has 0 saturated carbocycles. The van der Waals surface area contributed by atoms with E-state index in [0.29, 0.717) is 0 Å². The van der Waals surface area contributed by atoms with Gasteiger partial charge in [-0.2, -0.15) is 8.78 Å². The summed E-state index contributed by atoms with van der Waals surface area (Å²) < 4.78 is 45.3. The maximum absolute atomic E-state index is 13.0. The molecular weight excluding hydrogens is 197 g/mol. The number of alkyl halides is 2. The highest BCUT2D eigenvalue weighted by Gasteiger charge is 2.07. The molecule has 5 heteroatoms. The normalized spacial score (nSPS) is 10.6. The Morgan fingerprint density at radius 1 is 1.36 bits per heavy atom. The smallest absolute Gasteiger partial charge is 0.387 e. The molecule has 14 heavy (non-hydrogen) atoms. The first-order chi connectivity index (χ1) is 6.63. The predicted octanol–water partition coefficient (Wildman–Crippen LogP) is 2.57. The first-order valence-corrected chi connectivity index (χ1v) is 3.85. The minimum Gasteiger partial charge on any atom is -0.435 e. The van der Waals surface area contributed by atoms with Crippen LogP contribution in [-0.4, -0.2) is 13.7 Å². The van der Waals surface area contributed by atoms with Gasteiger partial charge in [0.2, 0.25) is 0 Å². The van der Waals surface area contributed by atoms with E-state index >= 15 is 0 Å². The van der Waals surface area contributed by atoms with Gasteiger partial charge >= 0.3 is 6.61 Å². The van der Waals surface area contributed by atoms with Crippen LogP contribution >= 0.6 is 0 Å². The van der Waals surface area contributed by atoms with Crippen molar-refractivity contribution in [2.75, 3.05) is 7.11 Å². The highest BCUT2D eigenvalue weighted by atomic mass is 19.3. The van der Waals surface area contributed by atoms with E-state index in [-0.39, 0.29) is 17.9 Å². The molecule has 1 aromatic rings. The van der Waals surface area contributed by atoms with Crippen molar-refractivity contribution in [3.8, 4) is 5.75 Å². The van der Waals surface area contributed by atoms with Crippen molar-refractivity contribution in [2.24, 2.45) is 0 Å². The largest absolute Gasteiger partial charge is 0.435 e. The van der Waals surface area contributed by atoms with Crippen LogP contribution in [0.4, 0.5) is 13.2 Å². The van der Waals surface area contributed by atoms with Gasteiger partial charge in [-0.3, -0.25) is 0 Å². The van der Waals surface area contributed by atoms with Crippen LogP contribution in [0.5, 0.6) is 5.75 Å². The van der Waals surface area contributed by atoms with Crippen molar-refractivity contribution in [2.45, 2.75) is 13.2 Å². The molecule has 1 rings (SSSR count). The Morgan fingerprint density at radius 3 is 2.64 bits per heavy atom. The lowest BCUT2D eigenvalue weighted by Crippen LogP contribution is -2.03. The zero-order valence-corrected chi connectivity index (χ0v) is 7.47. The summed E-state index contributed by atoms with van der Waals surface area (Å²) in [5.41, 5.74) is 0.186. The third-order valence-corrected chi connectivity index (χ3v) is 1.54. The Kier molecular flexibility index (Phi) is 3.76. The van der Waals surface area contributed by atoms with Gasteiger partial charge in [-0.25, -0.2) is 4.39 Å². The third kappa shape index (κ3) is 2.92. The summed E-state index contributed by atoms with van der Waals surface area (Å²) >= 11 is 0. The molecule has 0 heterocycles. The molecule has 0 aliphatic carbocycles. The summed E-state index contributed by atoms with van der Waals surface area (Å²) in [6.45, 7) is -2.89. The fourth-order valence-electron chi connectivity index (χ4n) is 0.993. The van der Waals surface area contributed by atoms with Gasteiger partial charge in [0.05, 0.1) is 6.61 Å². The average Bonchev–Trinajstić information content (AvgIpc) is 2.10. The molecule has 1 aromatic carbocycles. The molecule has 0 spiro atoms. The number of methoxy groups -OCH3 is 1. The Balaban J connectivity index is 2.83. The first-order valence-electron chi connectivity index (χ1n) is 3.85. The molecule has 0 bridgehead atoms. The van der Waals surface area contributed by atoms with Crippen LogP contribution in [-0.2, 0) is 11.3 Å². The Hall–Kier alpha value is -1.23. The lowest BCUT2D eigenvalue weighted by molar-refractivity contribution is -0.0500. The summed E-state index contributed by atoms with van der Waals surface area (Å²) in [6, 6.07) is 3.39. The molecule has 0 saturated heterocycles. The number of benzene rings is 1. The van der Waals surface area contributed by atoms with E-state index in [1.54, 1.807) is 0 Å². The van der Waals surface area contributed by atoms with Gasteiger partial charge in [0.25, 0.3) is 0 Å². The van der Waals surface area contributed by atoms with Crippen LogP contribution < -0.4 is 4.74 Å². The van der Waals surface area contributed by atoms with Crippen LogP contribution in [0.3, 0.4) is 0 Å². The van der Waals surface area contributed by atoms with Crippen molar-refractivity contribution in [3.05, 3.63) is 29.6 Å². The van der Waals surface area contributed by atoms with E-state index in [4.69, 9.17) is 0 Å².